The molecule has 3 atom stereocenters. The molecule has 1 heterocycles. The first kappa shape index (κ1) is 11.4. The van der Waals surface area contributed by atoms with Gasteiger partial charge in [-0.3, -0.25) is 0 Å². The SMILES string of the molecule is CO/C=C/CC[C@@H]1CC[C@@H]2OC=C(OC)[C@H]12. The summed E-state index contributed by atoms with van der Waals surface area (Å²) in [6.45, 7) is 0. The van der Waals surface area contributed by atoms with E-state index in [9.17, 15) is 0 Å². The summed E-state index contributed by atoms with van der Waals surface area (Å²) in [4.78, 5) is 0. The molecule has 1 aliphatic carbocycles. The van der Waals surface area contributed by atoms with Gasteiger partial charge in [-0.15, -0.1) is 0 Å². The van der Waals surface area contributed by atoms with Crippen LogP contribution in [-0.4, -0.2) is 20.3 Å². The highest BCUT2D eigenvalue weighted by atomic mass is 16.5. The van der Waals surface area contributed by atoms with E-state index in [0.29, 0.717) is 17.9 Å². The summed E-state index contributed by atoms with van der Waals surface area (Å²) in [6, 6.07) is 0. The van der Waals surface area contributed by atoms with Gasteiger partial charge in [-0.1, -0.05) is 0 Å². The number of fused-ring (bicyclic) bond motifs is 1. The number of methoxy groups -OCH3 is 2. The van der Waals surface area contributed by atoms with Gasteiger partial charge in [0, 0.05) is 0 Å². The van der Waals surface area contributed by atoms with Crippen molar-refractivity contribution < 1.29 is 14.2 Å². The minimum absolute atomic E-state index is 0.367. The average Bonchev–Trinajstić information content (AvgIpc) is 2.86. The Labute approximate surface area is 97.1 Å². The number of rotatable bonds is 5. The van der Waals surface area contributed by atoms with Crippen molar-refractivity contribution in [3.63, 3.8) is 0 Å². The Bertz CT molecular complexity index is 283. The number of allylic oxidation sites excluding steroid dienone is 1. The Morgan fingerprint density at radius 2 is 2.31 bits per heavy atom. The van der Waals surface area contributed by atoms with Crippen LogP contribution in [0.3, 0.4) is 0 Å². The van der Waals surface area contributed by atoms with Gasteiger partial charge in [0.05, 0.1) is 26.4 Å². The summed E-state index contributed by atoms with van der Waals surface area (Å²) in [5.41, 5.74) is 0. The average molecular weight is 224 g/mol. The van der Waals surface area contributed by atoms with Crippen LogP contribution in [0.1, 0.15) is 25.7 Å². The zero-order chi connectivity index (χ0) is 11.4. The molecule has 2 rings (SSSR count). The summed E-state index contributed by atoms with van der Waals surface area (Å²) in [5.74, 6) is 2.21. The van der Waals surface area contributed by atoms with E-state index in [0.717, 1.165) is 18.6 Å². The molecule has 0 saturated heterocycles. The Hall–Kier alpha value is -1.12. The van der Waals surface area contributed by atoms with Crippen LogP contribution < -0.4 is 0 Å². The lowest BCUT2D eigenvalue weighted by Crippen LogP contribution is -2.18. The monoisotopic (exact) mass is 224 g/mol. The van der Waals surface area contributed by atoms with Gasteiger partial charge in [0.2, 0.25) is 0 Å². The van der Waals surface area contributed by atoms with Gasteiger partial charge in [0.1, 0.15) is 18.1 Å². The minimum Gasteiger partial charge on any atom is -0.505 e. The highest BCUT2D eigenvalue weighted by Gasteiger charge is 2.43. The first-order chi connectivity index (χ1) is 7.86. The lowest BCUT2D eigenvalue weighted by molar-refractivity contribution is 0.133. The first-order valence-corrected chi connectivity index (χ1v) is 5.94. The number of ether oxygens (including phenoxy) is 3. The van der Waals surface area contributed by atoms with E-state index in [-0.39, 0.29) is 0 Å². The Morgan fingerprint density at radius 3 is 3.06 bits per heavy atom. The third kappa shape index (κ3) is 2.18. The largest absolute Gasteiger partial charge is 0.505 e. The van der Waals surface area contributed by atoms with Gasteiger partial charge in [-0.2, -0.15) is 0 Å². The zero-order valence-electron chi connectivity index (χ0n) is 10.0. The van der Waals surface area contributed by atoms with E-state index in [1.165, 1.54) is 12.8 Å². The molecule has 90 valence electrons. The zero-order valence-corrected chi connectivity index (χ0v) is 10.0. The molecule has 0 aromatic rings. The fourth-order valence-corrected chi connectivity index (χ4v) is 2.82. The van der Waals surface area contributed by atoms with Crippen molar-refractivity contribution >= 4 is 0 Å². The van der Waals surface area contributed by atoms with Gasteiger partial charge >= 0.3 is 0 Å². The molecule has 0 amide bonds. The predicted octanol–water partition coefficient (Wildman–Crippen LogP) is 2.84. The highest BCUT2D eigenvalue weighted by molar-refractivity contribution is 5.10. The predicted molar refractivity (Wildman–Crippen MR) is 61.6 cm³/mol. The topological polar surface area (TPSA) is 27.7 Å². The fourth-order valence-electron chi connectivity index (χ4n) is 2.82. The second kappa shape index (κ2) is 5.28. The Balaban J connectivity index is 1.86. The van der Waals surface area contributed by atoms with E-state index in [4.69, 9.17) is 14.2 Å². The van der Waals surface area contributed by atoms with Crippen molar-refractivity contribution in [2.45, 2.75) is 31.8 Å². The summed E-state index contributed by atoms with van der Waals surface area (Å²) >= 11 is 0. The van der Waals surface area contributed by atoms with Crippen LogP contribution in [-0.2, 0) is 14.2 Å². The quantitative estimate of drug-likeness (QED) is 0.672. The lowest BCUT2D eigenvalue weighted by Gasteiger charge is -2.18. The van der Waals surface area contributed by atoms with E-state index in [1.807, 2.05) is 0 Å². The Morgan fingerprint density at radius 1 is 1.44 bits per heavy atom. The first-order valence-electron chi connectivity index (χ1n) is 5.94. The third-order valence-electron chi connectivity index (χ3n) is 3.59. The molecule has 0 aromatic heterocycles. The van der Waals surface area contributed by atoms with Gasteiger partial charge in [0.15, 0.2) is 0 Å². The summed E-state index contributed by atoms with van der Waals surface area (Å²) in [5, 5.41) is 0. The van der Waals surface area contributed by atoms with Gasteiger partial charge in [-0.25, -0.2) is 0 Å². The second-order valence-corrected chi connectivity index (χ2v) is 4.45. The van der Waals surface area contributed by atoms with Crippen molar-refractivity contribution in [3.05, 3.63) is 24.4 Å². The van der Waals surface area contributed by atoms with E-state index < -0.39 is 0 Å². The van der Waals surface area contributed by atoms with E-state index in [2.05, 4.69) is 6.08 Å². The summed E-state index contributed by atoms with van der Waals surface area (Å²) in [6.07, 6.45) is 10.7. The molecule has 0 radical (unpaired) electrons. The van der Waals surface area contributed by atoms with Crippen LogP contribution in [0.5, 0.6) is 0 Å². The second-order valence-electron chi connectivity index (χ2n) is 4.45. The molecule has 16 heavy (non-hydrogen) atoms. The van der Waals surface area contributed by atoms with Crippen LogP contribution in [0.15, 0.2) is 24.4 Å². The molecule has 0 unspecified atom stereocenters. The van der Waals surface area contributed by atoms with E-state index >= 15 is 0 Å². The van der Waals surface area contributed by atoms with Gasteiger partial charge in [0.25, 0.3) is 0 Å². The summed E-state index contributed by atoms with van der Waals surface area (Å²) in [7, 11) is 3.41. The van der Waals surface area contributed by atoms with Crippen molar-refractivity contribution in [2.24, 2.45) is 11.8 Å². The molecule has 1 aliphatic heterocycles. The number of hydrogen-bond acceptors (Lipinski definition) is 3. The molecule has 3 heteroatoms. The maximum Gasteiger partial charge on any atom is 0.137 e. The van der Waals surface area contributed by atoms with Crippen LogP contribution in [0, 0.1) is 11.8 Å². The molecular weight excluding hydrogens is 204 g/mol. The van der Waals surface area contributed by atoms with Gasteiger partial charge < -0.3 is 14.2 Å². The Kier molecular flexibility index (Phi) is 3.75. The molecule has 1 saturated carbocycles. The summed E-state index contributed by atoms with van der Waals surface area (Å²) < 4.78 is 15.9. The van der Waals surface area contributed by atoms with Crippen LogP contribution in [0.25, 0.3) is 0 Å². The minimum atomic E-state index is 0.367. The molecule has 2 aliphatic rings. The molecule has 3 nitrogen and oxygen atoms in total. The smallest absolute Gasteiger partial charge is 0.137 e. The van der Waals surface area contributed by atoms with Gasteiger partial charge in [-0.05, 0) is 37.7 Å². The number of hydrogen-bond donors (Lipinski definition) is 0. The standard InChI is InChI=1S/C13H20O3/c1-14-8-4-3-5-10-6-7-11-13(10)12(15-2)9-16-11/h4,8-11,13H,3,5-7H2,1-2H3/b8-4+/t10-,11+,13-/m1/s1. The van der Waals surface area contributed by atoms with Crippen molar-refractivity contribution in [2.75, 3.05) is 14.2 Å². The van der Waals surface area contributed by atoms with Crippen LogP contribution >= 0.6 is 0 Å². The van der Waals surface area contributed by atoms with Crippen LogP contribution in [0.4, 0.5) is 0 Å². The molecule has 0 aromatic carbocycles. The highest BCUT2D eigenvalue weighted by Crippen LogP contribution is 2.45. The lowest BCUT2D eigenvalue weighted by atomic mass is 9.90. The third-order valence-corrected chi connectivity index (χ3v) is 3.59. The van der Waals surface area contributed by atoms with E-state index in [1.54, 1.807) is 26.7 Å². The normalized spacial score (nSPS) is 32.4. The van der Waals surface area contributed by atoms with Crippen molar-refractivity contribution in [1.82, 2.24) is 0 Å². The maximum absolute atomic E-state index is 5.61. The molecule has 1 fully saturated rings. The maximum atomic E-state index is 5.61. The molecule has 0 bridgehead atoms. The molecular formula is C13H20O3. The molecule has 0 N–H and O–H groups in total. The van der Waals surface area contributed by atoms with Crippen molar-refractivity contribution in [3.8, 4) is 0 Å². The molecule has 0 spiro atoms. The van der Waals surface area contributed by atoms with Crippen LogP contribution in [0.2, 0.25) is 0 Å². The fraction of sp³-hybridized carbons (Fsp3) is 0.692. The van der Waals surface area contributed by atoms with Crippen molar-refractivity contribution in [1.29, 1.82) is 0 Å².